The highest BCUT2D eigenvalue weighted by atomic mass is 16.5. The van der Waals surface area contributed by atoms with E-state index in [9.17, 15) is 14.4 Å². The molecule has 94 valence electrons. The second-order valence-corrected chi connectivity index (χ2v) is 2.92. The van der Waals surface area contributed by atoms with E-state index in [0.29, 0.717) is 18.9 Å². The first-order valence-corrected chi connectivity index (χ1v) is 4.93. The van der Waals surface area contributed by atoms with E-state index < -0.39 is 17.9 Å². The summed E-state index contributed by atoms with van der Waals surface area (Å²) in [7, 11) is 0. The number of carboxylic acid groups (broad SMARTS) is 1. The lowest BCUT2D eigenvalue weighted by Crippen LogP contribution is -2.06. The van der Waals surface area contributed by atoms with Gasteiger partial charge in [-0.3, -0.25) is 0 Å². The van der Waals surface area contributed by atoms with E-state index in [1.54, 1.807) is 0 Å². The number of rotatable bonds is 8. The largest absolute Gasteiger partial charge is 0.478 e. The molecule has 0 aliphatic heterocycles. The van der Waals surface area contributed by atoms with Crippen molar-refractivity contribution in [1.82, 2.24) is 0 Å². The quantitative estimate of drug-likeness (QED) is 0.382. The first-order chi connectivity index (χ1) is 8.06. The van der Waals surface area contributed by atoms with E-state index in [2.05, 4.69) is 16.1 Å². The van der Waals surface area contributed by atoms with Crippen LogP contribution in [0.1, 0.15) is 12.8 Å². The molecule has 0 bridgehead atoms. The zero-order valence-corrected chi connectivity index (χ0v) is 9.26. The van der Waals surface area contributed by atoms with Gasteiger partial charge in [-0.25, -0.2) is 14.4 Å². The Labute approximate surface area is 98.5 Å². The van der Waals surface area contributed by atoms with Gasteiger partial charge in [0.25, 0.3) is 0 Å². The van der Waals surface area contributed by atoms with Gasteiger partial charge in [-0.05, 0) is 12.8 Å². The van der Waals surface area contributed by atoms with E-state index >= 15 is 0 Å². The van der Waals surface area contributed by atoms with E-state index in [4.69, 9.17) is 5.11 Å². The van der Waals surface area contributed by atoms with Gasteiger partial charge in [0.15, 0.2) is 0 Å². The van der Waals surface area contributed by atoms with Gasteiger partial charge in [0, 0.05) is 18.2 Å². The summed E-state index contributed by atoms with van der Waals surface area (Å²) < 4.78 is 9.36. The van der Waals surface area contributed by atoms with Crippen molar-refractivity contribution in [3.05, 3.63) is 24.8 Å². The number of unbranched alkanes of at least 4 members (excludes halogenated alkanes) is 1. The molecule has 0 aromatic rings. The van der Waals surface area contributed by atoms with Crippen molar-refractivity contribution in [3.63, 3.8) is 0 Å². The average molecular weight is 242 g/mol. The van der Waals surface area contributed by atoms with E-state index in [1.807, 2.05) is 0 Å². The molecule has 6 nitrogen and oxygen atoms in total. The predicted molar refractivity (Wildman–Crippen MR) is 58.1 cm³/mol. The van der Waals surface area contributed by atoms with Crippen LogP contribution in [0.2, 0.25) is 0 Å². The first-order valence-electron chi connectivity index (χ1n) is 4.93. The lowest BCUT2D eigenvalue weighted by atomic mass is 10.3. The lowest BCUT2D eigenvalue weighted by Gasteiger charge is -2.02. The maximum atomic E-state index is 10.9. The number of hydrogen-bond donors (Lipinski definition) is 1. The number of esters is 2. The van der Waals surface area contributed by atoms with Crippen LogP contribution in [0.5, 0.6) is 0 Å². The molecule has 0 atom stereocenters. The highest BCUT2D eigenvalue weighted by Gasteiger charge is 1.99. The van der Waals surface area contributed by atoms with E-state index in [0.717, 1.165) is 12.2 Å². The van der Waals surface area contributed by atoms with Crippen LogP contribution in [0.25, 0.3) is 0 Å². The summed E-state index contributed by atoms with van der Waals surface area (Å²) in [6, 6.07) is 0. The number of carboxylic acids is 1. The molecule has 0 aromatic carbocycles. The monoisotopic (exact) mass is 242 g/mol. The molecule has 0 unspecified atom stereocenters. The maximum Gasteiger partial charge on any atom is 0.331 e. The molecule has 0 aliphatic carbocycles. The molecule has 0 aliphatic rings. The van der Waals surface area contributed by atoms with Gasteiger partial charge in [-0.2, -0.15) is 0 Å². The number of ether oxygens (including phenoxy) is 2. The number of hydrogen-bond acceptors (Lipinski definition) is 5. The first kappa shape index (κ1) is 14.9. The van der Waals surface area contributed by atoms with Gasteiger partial charge in [0.2, 0.25) is 0 Å². The Bertz CT molecular complexity index is 318. The normalized spacial score (nSPS) is 9.88. The Morgan fingerprint density at radius 2 is 1.53 bits per heavy atom. The molecule has 0 saturated heterocycles. The van der Waals surface area contributed by atoms with Crippen molar-refractivity contribution >= 4 is 17.9 Å². The predicted octanol–water partition coefficient (Wildman–Crippen LogP) is 0.680. The summed E-state index contributed by atoms with van der Waals surface area (Å²) in [6.07, 6.45) is 3.68. The molecular weight excluding hydrogens is 228 g/mol. The van der Waals surface area contributed by atoms with Crippen molar-refractivity contribution in [1.29, 1.82) is 0 Å². The van der Waals surface area contributed by atoms with Crippen molar-refractivity contribution in [3.8, 4) is 0 Å². The third-order valence-electron chi connectivity index (χ3n) is 1.56. The standard InChI is InChI=1S/C11H14O6/c1-2-10(14)16-7-3-4-8-17-11(15)6-5-9(12)13/h2,5-6H,1,3-4,7-8H2,(H,12,13)/b6-5-. The van der Waals surface area contributed by atoms with Gasteiger partial charge < -0.3 is 14.6 Å². The fraction of sp³-hybridized carbons (Fsp3) is 0.364. The summed E-state index contributed by atoms with van der Waals surface area (Å²) in [5.41, 5.74) is 0. The van der Waals surface area contributed by atoms with E-state index in [-0.39, 0.29) is 13.2 Å². The molecule has 0 aromatic heterocycles. The summed E-state index contributed by atoms with van der Waals surface area (Å²) in [5, 5.41) is 8.23. The molecule has 0 fully saturated rings. The summed E-state index contributed by atoms with van der Waals surface area (Å²) in [6.45, 7) is 3.61. The van der Waals surface area contributed by atoms with Crippen LogP contribution in [-0.2, 0) is 23.9 Å². The van der Waals surface area contributed by atoms with Crippen LogP contribution in [0.3, 0.4) is 0 Å². The third kappa shape index (κ3) is 10.2. The Morgan fingerprint density at radius 3 is 2.00 bits per heavy atom. The van der Waals surface area contributed by atoms with Gasteiger partial charge in [-0.15, -0.1) is 0 Å². The highest BCUT2D eigenvalue weighted by Crippen LogP contribution is 1.93. The Balaban J connectivity index is 3.45. The highest BCUT2D eigenvalue weighted by molar-refractivity contribution is 5.90. The summed E-state index contributed by atoms with van der Waals surface area (Å²) in [5.74, 6) is -2.42. The second kappa shape index (κ2) is 9.14. The number of aliphatic carboxylic acids is 1. The Morgan fingerprint density at radius 1 is 1.00 bits per heavy atom. The molecule has 0 amide bonds. The van der Waals surface area contributed by atoms with Gasteiger partial charge in [0.1, 0.15) is 0 Å². The minimum atomic E-state index is -1.21. The zero-order chi connectivity index (χ0) is 13.1. The van der Waals surface area contributed by atoms with Gasteiger partial charge in [-0.1, -0.05) is 6.58 Å². The summed E-state index contributed by atoms with van der Waals surface area (Å²) >= 11 is 0. The topological polar surface area (TPSA) is 89.9 Å². The molecular formula is C11H14O6. The minimum Gasteiger partial charge on any atom is -0.478 e. The van der Waals surface area contributed by atoms with Crippen molar-refractivity contribution in [2.75, 3.05) is 13.2 Å². The van der Waals surface area contributed by atoms with E-state index in [1.165, 1.54) is 0 Å². The van der Waals surface area contributed by atoms with Crippen LogP contribution in [0.4, 0.5) is 0 Å². The molecule has 0 saturated carbocycles. The molecule has 0 spiro atoms. The number of carbonyl (C=O) groups excluding carboxylic acids is 2. The van der Waals surface area contributed by atoms with Crippen molar-refractivity contribution < 1.29 is 29.0 Å². The van der Waals surface area contributed by atoms with Crippen LogP contribution in [0, 0.1) is 0 Å². The average Bonchev–Trinajstić information content (AvgIpc) is 2.30. The Kier molecular flexibility index (Phi) is 8.01. The summed E-state index contributed by atoms with van der Waals surface area (Å²) in [4.78, 5) is 31.5. The minimum absolute atomic E-state index is 0.147. The SMILES string of the molecule is C=CC(=O)OCCCCOC(=O)/C=C\C(=O)O. The second-order valence-electron chi connectivity index (χ2n) is 2.92. The van der Waals surface area contributed by atoms with Gasteiger partial charge in [0.05, 0.1) is 13.2 Å². The van der Waals surface area contributed by atoms with Crippen LogP contribution in [-0.4, -0.2) is 36.2 Å². The Hall–Kier alpha value is -2.11. The van der Waals surface area contributed by atoms with Crippen molar-refractivity contribution in [2.24, 2.45) is 0 Å². The fourth-order valence-corrected chi connectivity index (χ4v) is 0.796. The van der Waals surface area contributed by atoms with Gasteiger partial charge >= 0.3 is 17.9 Å². The molecule has 17 heavy (non-hydrogen) atoms. The molecule has 0 rings (SSSR count). The molecule has 0 heterocycles. The van der Waals surface area contributed by atoms with Crippen LogP contribution >= 0.6 is 0 Å². The zero-order valence-electron chi connectivity index (χ0n) is 9.26. The van der Waals surface area contributed by atoms with Crippen molar-refractivity contribution in [2.45, 2.75) is 12.8 Å². The molecule has 0 radical (unpaired) electrons. The third-order valence-corrected chi connectivity index (χ3v) is 1.56. The molecule has 6 heteroatoms. The smallest absolute Gasteiger partial charge is 0.331 e. The fourth-order valence-electron chi connectivity index (χ4n) is 0.796. The molecule has 1 N–H and O–H groups in total. The lowest BCUT2D eigenvalue weighted by molar-refractivity contribution is -0.140. The van der Waals surface area contributed by atoms with Crippen LogP contribution in [0.15, 0.2) is 24.8 Å². The van der Waals surface area contributed by atoms with Crippen LogP contribution < -0.4 is 0 Å². The maximum absolute atomic E-state index is 10.9. The number of carbonyl (C=O) groups is 3.